The number of hydrogen-bond donors (Lipinski definition) is 0. The summed E-state index contributed by atoms with van der Waals surface area (Å²) in [7, 11) is 1.64. The molecule has 0 N–H and O–H groups in total. The Hall–Kier alpha value is -1.78. The number of hydrogen-bond acceptors (Lipinski definition) is 3. The maximum absolute atomic E-state index is 12.8. The SMILES string of the molecule is COCCN(Cc1ccco1)C(=O)C1CC1c1ccccc1Cl. The van der Waals surface area contributed by atoms with Gasteiger partial charge in [0.05, 0.1) is 19.4 Å². The number of rotatable bonds is 7. The fraction of sp³-hybridized carbons (Fsp3) is 0.389. The molecule has 0 radical (unpaired) electrons. The molecule has 0 spiro atoms. The highest BCUT2D eigenvalue weighted by molar-refractivity contribution is 6.31. The zero-order valence-electron chi connectivity index (χ0n) is 13.1. The number of halogens is 1. The molecule has 1 aromatic carbocycles. The minimum absolute atomic E-state index is 0.00159. The van der Waals surface area contributed by atoms with E-state index < -0.39 is 0 Å². The van der Waals surface area contributed by atoms with Gasteiger partial charge in [0.25, 0.3) is 0 Å². The van der Waals surface area contributed by atoms with Crippen molar-refractivity contribution in [3.63, 3.8) is 0 Å². The van der Waals surface area contributed by atoms with Crippen LogP contribution in [0.4, 0.5) is 0 Å². The van der Waals surface area contributed by atoms with Gasteiger partial charge < -0.3 is 14.1 Å². The van der Waals surface area contributed by atoms with Gasteiger partial charge in [0.1, 0.15) is 5.76 Å². The molecule has 5 heteroatoms. The van der Waals surface area contributed by atoms with Crippen molar-refractivity contribution in [2.45, 2.75) is 18.9 Å². The number of carbonyl (C=O) groups excluding carboxylic acids is 1. The van der Waals surface area contributed by atoms with Gasteiger partial charge in [-0.15, -0.1) is 0 Å². The average molecular weight is 334 g/mol. The van der Waals surface area contributed by atoms with Crippen molar-refractivity contribution >= 4 is 17.5 Å². The van der Waals surface area contributed by atoms with Crippen LogP contribution in [0.5, 0.6) is 0 Å². The van der Waals surface area contributed by atoms with Crippen LogP contribution in [0.15, 0.2) is 47.1 Å². The van der Waals surface area contributed by atoms with Gasteiger partial charge in [0, 0.05) is 24.6 Å². The van der Waals surface area contributed by atoms with E-state index in [1.807, 2.05) is 41.3 Å². The van der Waals surface area contributed by atoms with Crippen molar-refractivity contribution in [1.29, 1.82) is 0 Å². The van der Waals surface area contributed by atoms with Crippen molar-refractivity contribution in [1.82, 2.24) is 4.90 Å². The normalized spacial score (nSPS) is 19.6. The molecule has 0 bridgehead atoms. The summed E-state index contributed by atoms with van der Waals surface area (Å²) in [6.07, 6.45) is 2.47. The van der Waals surface area contributed by atoms with Gasteiger partial charge in [-0.25, -0.2) is 0 Å². The van der Waals surface area contributed by atoms with E-state index in [1.165, 1.54) is 0 Å². The predicted octanol–water partition coefficient (Wildman–Crippen LogP) is 3.71. The van der Waals surface area contributed by atoms with Crippen LogP contribution in [-0.4, -0.2) is 31.1 Å². The predicted molar refractivity (Wildman–Crippen MR) is 88.3 cm³/mol. The highest BCUT2D eigenvalue weighted by atomic mass is 35.5. The second-order valence-corrected chi connectivity index (χ2v) is 6.21. The van der Waals surface area contributed by atoms with Crippen molar-refractivity contribution in [2.24, 2.45) is 5.92 Å². The quantitative estimate of drug-likeness (QED) is 0.775. The number of benzene rings is 1. The first-order valence-electron chi connectivity index (χ1n) is 7.75. The van der Waals surface area contributed by atoms with E-state index in [-0.39, 0.29) is 17.7 Å². The summed E-state index contributed by atoms with van der Waals surface area (Å²) >= 11 is 6.25. The number of furan rings is 1. The Labute approximate surface area is 141 Å². The first kappa shape index (κ1) is 16.1. The van der Waals surface area contributed by atoms with Gasteiger partial charge >= 0.3 is 0 Å². The maximum atomic E-state index is 12.8. The van der Waals surface area contributed by atoms with Gasteiger partial charge in [-0.1, -0.05) is 29.8 Å². The van der Waals surface area contributed by atoms with Crippen LogP contribution in [0.1, 0.15) is 23.7 Å². The van der Waals surface area contributed by atoms with Gasteiger partial charge in [0.15, 0.2) is 0 Å². The van der Waals surface area contributed by atoms with Gasteiger partial charge in [0.2, 0.25) is 5.91 Å². The van der Waals surface area contributed by atoms with E-state index in [0.29, 0.717) is 19.7 Å². The summed E-state index contributed by atoms with van der Waals surface area (Å²) in [5.41, 5.74) is 1.07. The largest absolute Gasteiger partial charge is 0.467 e. The Kier molecular flexibility index (Phi) is 5.03. The van der Waals surface area contributed by atoms with Crippen molar-refractivity contribution in [3.8, 4) is 0 Å². The van der Waals surface area contributed by atoms with E-state index in [2.05, 4.69) is 0 Å². The third-order valence-electron chi connectivity index (χ3n) is 4.22. The molecule has 2 unspecified atom stereocenters. The molecule has 0 saturated heterocycles. The van der Waals surface area contributed by atoms with E-state index in [0.717, 1.165) is 22.8 Å². The first-order valence-corrected chi connectivity index (χ1v) is 8.13. The minimum Gasteiger partial charge on any atom is -0.467 e. The summed E-state index contributed by atoms with van der Waals surface area (Å²) < 4.78 is 10.5. The molecule has 1 saturated carbocycles. The monoisotopic (exact) mass is 333 g/mol. The number of ether oxygens (including phenoxy) is 1. The Morgan fingerprint density at radius 2 is 2.17 bits per heavy atom. The van der Waals surface area contributed by atoms with Crippen LogP contribution >= 0.6 is 11.6 Å². The Bertz CT molecular complexity index is 656. The van der Waals surface area contributed by atoms with E-state index >= 15 is 0 Å². The molecule has 1 aliphatic carbocycles. The standard InChI is InChI=1S/C18H20ClNO3/c1-22-10-8-20(12-13-5-4-9-23-13)18(21)16-11-15(16)14-6-2-3-7-17(14)19/h2-7,9,15-16H,8,10-12H2,1H3. The second-order valence-electron chi connectivity index (χ2n) is 5.80. The number of carbonyl (C=O) groups is 1. The molecular formula is C18H20ClNO3. The van der Waals surface area contributed by atoms with Crippen molar-refractivity contribution in [2.75, 3.05) is 20.3 Å². The van der Waals surface area contributed by atoms with Crippen LogP contribution in [0.25, 0.3) is 0 Å². The minimum atomic E-state index is 0.00159. The van der Waals surface area contributed by atoms with E-state index in [4.69, 9.17) is 20.8 Å². The number of amides is 1. The molecule has 2 atom stereocenters. The first-order chi connectivity index (χ1) is 11.2. The summed E-state index contributed by atoms with van der Waals surface area (Å²) in [5, 5.41) is 0.738. The van der Waals surface area contributed by atoms with Crippen LogP contribution in [0.3, 0.4) is 0 Å². The summed E-state index contributed by atoms with van der Waals surface area (Å²) in [6.45, 7) is 1.54. The van der Waals surface area contributed by atoms with Crippen LogP contribution < -0.4 is 0 Å². The van der Waals surface area contributed by atoms with E-state index in [1.54, 1.807) is 13.4 Å². The molecule has 0 aliphatic heterocycles. The zero-order valence-corrected chi connectivity index (χ0v) is 13.8. The summed E-state index contributed by atoms with van der Waals surface area (Å²) in [5.74, 6) is 1.15. The molecular weight excluding hydrogens is 314 g/mol. The topological polar surface area (TPSA) is 42.7 Å². The number of methoxy groups -OCH3 is 1. The van der Waals surface area contributed by atoms with Crippen LogP contribution in [-0.2, 0) is 16.1 Å². The lowest BCUT2D eigenvalue weighted by atomic mass is 10.1. The van der Waals surface area contributed by atoms with Crippen molar-refractivity contribution in [3.05, 3.63) is 59.0 Å². The fourth-order valence-electron chi connectivity index (χ4n) is 2.88. The summed E-state index contributed by atoms with van der Waals surface area (Å²) in [6, 6.07) is 11.5. The zero-order chi connectivity index (χ0) is 16.2. The lowest BCUT2D eigenvalue weighted by molar-refractivity contribution is -0.134. The lowest BCUT2D eigenvalue weighted by Crippen LogP contribution is -2.34. The molecule has 122 valence electrons. The average Bonchev–Trinajstić information content (AvgIpc) is 3.18. The fourth-order valence-corrected chi connectivity index (χ4v) is 3.16. The Balaban J connectivity index is 1.68. The molecule has 1 amide bonds. The van der Waals surface area contributed by atoms with Crippen molar-refractivity contribution < 1.29 is 13.9 Å². The molecule has 23 heavy (non-hydrogen) atoms. The summed E-state index contributed by atoms with van der Waals surface area (Å²) in [4.78, 5) is 14.6. The molecule has 3 rings (SSSR count). The van der Waals surface area contributed by atoms with Crippen LogP contribution in [0, 0.1) is 5.92 Å². The van der Waals surface area contributed by atoms with Gasteiger partial charge in [-0.2, -0.15) is 0 Å². The Morgan fingerprint density at radius 3 is 2.87 bits per heavy atom. The molecule has 4 nitrogen and oxygen atoms in total. The molecule has 1 fully saturated rings. The van der Waals surface area contributed by atoms with Crippen LogP contribution in [0.2, 0.25) is 5.02 Å². The third-order valence-corrected chi connectivity index (χ3v) is 4.56. The molecule has 1 aromatic heterocycles. The number of nitrogens with zero attached hydrogens (tertiary/aromatic N) is 1. The Morgan fingerprint density at radius 1 is 1.35 bits per heavy atom. The molecule has 1 heterocycles. The van der Waals surface area contributed by atoms with Gasteiger partial charge in [-0.3, -0.25) is 4.79 Å². The highest BCUT2D eigenvalue weighted by Crippen LogP contribution is 2.50. The maximum Gasteiger partial charge on any atom is 0.226 e. The highest BCUT2D eigenvalue weighted by Gasteiger charge is 2.46. The second kappa shape index (κ2) is 7.20. The molecule has 2 aromatic rings. The third kappa shape index (κ3) is 3.77. The lowest BCUT2D eigenvalue weighted by Gasteiger charge is -2.21. The van der Waals surface area contributed by atoms with Gasteiger partial charge in [-0.05, 0) is 36.1 Å². The van der Waals surface area contributed by atoms with E-state index in [9.17, 15) is 4.79 Å². The molecule has 1 aliphatic rings. The smallest absolute Gasteiger partial charge is 0.226 e.